The van der Waals surface area contributed by atoms with E-state index in [1.807, 2.05) is 6.07 Å². The smallest absolute Gasteiger partial charge is 0.320 e. The Labute approximate surface area is 172 Å². The highest BCUT2D eigenvalue weighted by molar-refractivity contribution is 5.85. The summed E-state index contributed by atoms with van der Waals surface area (Å²) in [6.07, 6.45) is 0. The van der Waals surface area contributed by atoms with E-state index >= 15 is 0 Å². The van der Waals surface area contributed by atoms with Crippen molar-refractivity contribution in [2.24, 2.45) is 0 Å². The number of amides is 2. The number of rotatable bonds is 9. The molecule has 2 aromatic carbocycles. The van der Waals surface area contributed by atoms with E-state index in [1.54, 1.807) is 55.5 Å². The molecule has 7 nitrogen and oxygen atoms in total. The van der Waals surface area contributed by atoms with Crippen LogP contribution in [-0.2, 0) is 9.59 Å². The van der Waals surface area contributed by atoms with E-state index in [0.29, 0.717) is 16.8 Å². The van der Waals surface area contributed by atoms with Gasteiger partial charge in [-0.1, -0.05) is 37.3 Å². The van der Waals surface area contributed by atoms with Crippen LogP contribution in [-0.4, -0.2) is 41.1 Å². The van der Waals surface area contributed by atoms with E-state index in [9.17, 15) is 18.4 Å². The van der Waals surface area contributed by atoms with Crippen molar-refractivity contribution >= 4 is 22.8 Å². The number of nitrogens with zero attached hydrogens (tertiary/aromatic N) is 2. The van der Waals surface area contributed by atoms with Crippen molar-refractivity contribution in [3.8, 4) is 5.75 Å². The number of imidazole rings is 1. The predicted octanol–water partition coefficient (Wildman–Crippen LogP) is 2.85. The lowest BCUT2D eigenvalue weighted by Crippen LogP contribution is -2.40. The third-order valence-electron chi connectivity index (χ3n) is 4.42. The Morgan fingerprint density at radius 3 is 2.47 bits per heavy atom. The van der Waals surface area contributed by atoms with Crippen molar-refractivity contribution < 1.29 is 23.1 Å². The molecule has 9 heteroatoms. The summed E-state index contributed by atoms with van der Waals surface area (Å²) in [6, 6.07) is 15.5. The molecule has 0 aliphatic carbocycles. The lowest BCUT2D eigenvalue weighted by atomic mass is 10.1. The molecule has 0 spiro atoms. The normalized spacial score (nSPS) is 12.0. The summed E-state index contributed by atoms with van der Waals surface area (Å²) in [6.45, 7) is -1.40. The average Bonchev–Trinajstić information content (AvgIpc) is 3.15. The van der Waals surface area contributed by atoms with Crippen molar-refractivity contribution in [3.05, 3.63) is 60.4 Å². The number of fused-ring (bicyclic) bond motifs is 1. The Morgan fingerprint density at radius 1 is 1.03 bits per heavy atom. The first-order valence-corrected chi connectivity index (χ1v) is 9.42. The quantitative estimate of drug-likeness (QED) is 0.562. The molecule has 30 heavy (non-hydrogen) atoms. The summed E-state index contributed by atoms with van der Waals surface area (Å²) in [5.74, 6) is -0.594. The van der Waals surface area contributed by atoms with Crippen LogP contribution in [0, 0.1) is 0 Å². The lowest BCUT2D eigenvalue weighted by molar-refractivity contribution is -0.127. The third-order valence-corrected chi connectivity index (χ3v) is 4.42. The van der Waals surface area contributed by atoms with Gasteiger partial charge in [0.25, 0.3) is 5.91 Å². The summed E-state index contributed by atoms with van der Waals surface area (Å²) >= 11 is 0. The fraction of sp³-hybridized carbons (Fsp3) is 0.286. The number of para-hydroxylation sites is 3. The number of carbonyl (C=O) groups is 2. The van der Waals surface area contributed by atoms with E-state index in [2.05, 4.69) is 15.6 Å². The van der Waals surface area contributed by atoms with Crippen molar-refractivity contribution in [3.63, 3.8) is 0 Å². The number of aromatic nitrogens is 2. The van der Waals surface area contributed by atoms with Crippen LogP contribution < -0.4 is 15.4 Å². The zero-order chi connectivity index (χ0) is 21.5. The molecule has 0 bridgehead atoms. The standard InChI is InChI=1S/C21H22F2N4O3/c1-14(20-26-16-9-5-6-10-17(16)27(20)21(22)23)11-24-18(28)12-25-19(29)13-30-15-7-3-2-4-8-15/h2-10,14,21H,11-13H2,1H3,(H,24,28)(H,25,29)/t14-/m1/s1. The minimum Gasteiger partial charge on any atom is -0.484 e. The molecule has 0 aliphatic heterocycles. The second-order valence-corrected chi connectivity index (χ2v) is 6.69. The zero-order valence-corrected chi connectivity index (χ0v) is 16.3. The molecule has 2 amide bonds. The maximum Gasteiger partial charge on any atom is 0.320 e. The monoisotopic (exact) mass is 416 g/mol. The third kappa shape index (κ3) is 5.31. The van der Waals surface area contributed by atoms with Crippen molar-refractivity contribution in [2.75, 3.05) is 19.7 Å². The predicted molar refractivity (Wildman–Crippen MR) is 107 cm³/mol. The molecule has 1 atom stereocenters. The Bertz CT molecular complexity index is 1010. The van der Waals surface area contributed by atoms with E-state index in [0.717, 1.165) is 4.57 Å². The molecular weight excluding hydrogens is 394 g/mol. The maximum absolute atomic E-state index is 13.5. The summed E-state index contributed by atoms with van der Waals surface area (Å²) in [4.78, 5) is 28.1. The van der Waals surface area contributed by atoms with Gasteiger partial charge in [-0.25, -0.2) is 4.98 Å². The van der Waals surface area contributed by atoms with Gasteiger partial charge in [0.1, 0.15) is 11.6 Å². The molecule has 0 saturated heterocycles. The maximum atomic E-state index is 13.5. The highest BCUT2D eigenvalue weighted by Gasteiger charge is 2.22. The SMILES string of the molecule is C[C@H](CNC(=O)CNC(=O)COc1ccccc1)c1nc2ccccc2n1C(F)F. The summed E-state index contributed by atoms with van der Waals surface area (Å²) in [5, 5.41) is 5.08. The first-order valence-electron chi connectivity index (χ1n) is 9.42. The number of hydrogen-bond donors (Lipinski definition) is 2. The largest absolute Gasteiger partial charge is 0.484 e. The zero-order valence-electron chi connectivity index (χ0n) is 16.3. The number of alkyl halides is 2. The van der Waals surface area contributed by atoms with Crippen LogP contribution in [0.3, 0.4) is 0 Å². The van der Waals surface area contributed by atoms with E-state index in [1.165, 1.54) is 0 Å². The van der Waals surface area contributed by atoms with E-state index < -0.39 is 24.3 Å². The summed E-state index contributed by atoms with van der Waals surface area (Å²) in [5.41, 5.74) is 0.808. The van der Waals surface area contributed by atoms with Gasteiger partial charge in [-0.3, -0.25) is 14.2 Å². The van der Waals surface area contributed by atoms with Crippen LogP contribution in [0.2, 0.25) is 0 Å². The Morgan fingerprint density at radius 2 is 1.73 bits per heavy atom. The molecule has 1 heterocycles. The van der Waals surface area contributed by atoms with Gasteiger partial charge in [0.15, 0.2) is 6.61 Å². The van der Waals surface area contributed by atoms with Gasteiger partial charge in [0.2, 0.25) is 5.91 Å². The van der Waals surface area contributed by atoms with Crippen LogP contribution in [0.4, 0.5) is 8.78 Å². The number of benzene rings is 2. The Balaban J connectivity index is 1.48. The minimum atomic E-state index is -2.74. The van der Waals surface area contributed by atoms with Crippen LogP contribution in [0.25, 0.3) is 11.0 Å². The number of nitrogens with one attached hydrogen (secondary N) is 2. The van der Waals surface area contributed by atoms with Crippen LogP contribution in [0.15, 0.2) is 54.6 Å². The molecule has 0 aliphatic rings. The molecule has 0 saturated carbocycles. The summed E-state index contributed by atoms with van der Waals surface area (Å²) < 4.78 is 33.2. The second kappa shape index (κ2) is 9.82. The molecule has 2 N–H and O–H groups in total. The van der Waals surface area contributed by atoms with Gasteiger partial charge in [0.05, 0.1) is 17.6 Å². The fourth-order valence-electron chi connectivity index (χ4n) is 2.93. The molecular formula is C21H22F2N4O3. The van der Waals surface area contributed by atoms with Crippen molar-refractivity contribution in [2.45, 2.75) is 19.4 Å². The van der Waals surface area contributed by atoms with E-state index in [4.69, 9.17) is 4.74 Å². The molecule has 158 valence electrons. The second-order valence-electron chi connectivity index (χ2n) is 6.69. The molecule has 1 aromatic heterocycles. The Hall–Kier alpha value is -3.49. The van der Waals surface area contributed by atoms with Gasteiger partial charge in [-0.05, 0) is 24.3 Å². The topological polar surface area (TPSA) is 85.2 Å². The molecule has 0 fully saturated rings. The van der Waals surface area contributed by atoms with Crippen LogP contribution >= 0.6 is 0 Å². The number of ether oxygens (including phenoxy) is 1. The first kappa shape index (κ1) is 21.2. The van der Waals surface area contributed by atoms with Crippen molar-refractivity contribution in [1.82, 2.24) is 20.2 Å². The number of halogens is 2. The van der Waals surface area contributed by atoms with Crippen molar-refractivity contribution in [1.29, 1.82) is 0 Å². The average molecular weight is 416 g/mol. The van der Waals surface area contributed by atoms with E-state index in [-0.39, 0.29) is 25.5 Å². The number of hydrogen-bond acceptors (Lipinski definition) is 4. The molecule has 3 rings (SSSR count). The van der Waals surface area contributed by atoms with Crippen LogP contribution in [0.1, 0.15) is 25.2 Å². The minimum absolute atomic E-state index is 0.102. The fourth-order valence-corrected chi connectivity index (χ4v) is 2.93. The molecule has 3 aromatic rings. The number of carbonyl (C=O) groups excluding carboxylic acids is 2. The highest BCUT2D eigenvalue weighted by atomic mass is 19.3. The van der Waals surface area contributed by atoms with Gasteiger partial charge in [0, 0.05) is 12.5 Å². The lowest BCUT2D eigenvalue weighted by Gasteiger charge is -2.15. The first-order chi connectivity index (χ1) is 14.5. The Kier molecular flexibility index (Phi) is 6.95. The molecule has 0 unspecified atom stereocenters. The van der Waals surface area contributed by atoms with Crippen LogP contribution in [0.5, 0.6) is 5.75 Å². The van der Waals surface area contributed by atoms with Gasteiger partial charge < -0.3 is 15.4 Å². The van der Waals surface area contributed by atoms with Gasteiger partial charge in [-0.2, -0.15) is 8.78 Å². The van der Waals surface area contributed by atoms with Gasteiger partial charge in [-0.15, -0.1) is 0 Å². The molecule has 0 radical (unpaired) electrons. The highest BCUT2D eigenvalue weighted by Crippen LogP contribution is 2.27. The summed E-state index contributed by atoms with van der Waals surface area (Å²) in [7, 11) is 0. The van der Waals surface area contributed by atoms with Gasteiger partial charge >= 0.3 is 6.55 Å².